The Labute approximate surface area is 174 Å². The van der Waals surface area contributed by atoms with Gasteiger partial charge in [0.15, 0.2) is 0 Å². The molecule has 158 valence electrons. The maximum atomic E-state index is 13.2. The molecule has 1 saturated carbocycles. The molecule has 1 aromatic carbocycles. The van der Waals surface area contributed by atoms with Crippen molar-refractivity contribution in [3.63, 3.8) is 0 Å². The van der Waals surface area contributed by atoms with Crippen LogP contribution in [0.15, 0.2) is 36.7 Å². The minimum Gasteiger partial charge on any atom is -0.467 e. The highest BCUT2D eigenvalue weighted by Crippen LogP contribution is 2.41. The Morgan fingerprint density at radius 2 is 1.90 bits per heavy atom. The number of rotatable bonds is 4. The summed E-state index contributed by atoms with van der Waals surface area (Å²) in [4.78, 5) is 23.0. The summed E-state index contributed by atoms with van der Waals surface area (Å²) >= 11 is 0. The van der Waals surface area contributed by atoms with Crippen molar-refractivity contribution in [2.75, 3.05) is 13.7 Å². The molecule has 2 amide bonds. The number of nitrogens with one attached hydrogen (secondary N) is 3. The van der Waals surface area contributed by atoms with Gasteiger partial charge >= 0.3 is 12.0 Å². The smallest absolute Gasteiger partial charge is 0.317 e. The van der Waals surface area contributed by atoms with Crippen LogP contribution in [0.1, 0.15) is 30.0 Å². The molecule has 2 aliphatic heterocycles. The van der Waals surface area contributed by atoms with Crippen LogP contribution in [0, 0.1) is 17.7 Å². The molecule has 3 fully saturated rings. The van der Waals surface area contributed by atoms with Crippen LogP contribution in [0.25, 0.3) is 0 Å². The van der Waals surface area contributed by atoms with Crippen molar-refractivity contribution >= 4 is 6.03 Å². The quantitative estimate of drug-likeness (QED) is 0.709. The number of amides is 2. The molecule has 1 aliphatic carbocycles. The zero-order chi connectivity index (χ0) is 20.7. The molecule has 0 spiro atoms. The highest BCUT2D eigenvalue weighted by Gasteiger charge is 2.47. The first-order chi connectivity index (χ1) is 14.6. The van der Waals surface area contributed by atoms with E-state index in [9.17, 15) is 9.18 Å². The van der Waals surface area contributed by atoms with Gasteiger partial charge < -0.3 is 15.0 Å². The summed E-state index contributed by atoms with van der Waals surface area (Å²) in [5, 5.41) is 3.19. The SMILES string of the molecule is COc1ncc(C2NNC3CC4NC(=O)N(Cc5ccc(F)cc5)CC4CC32)cn1. The van der Waals surface area contributed by atoms with E-state index >= 15 is 0 Å². The summed E-state index contributed by atoms with van der Waals surface area (Å²) in [5.74, 6) is 0.466. The Morgan fingerprint density at radius 3 is 2.63 bits per heavy atom. The molecule has 5 rings (SSSR count). The number of hydrazine groups is 1. The van der Waals surface area contributed by atoms with Crippen LogP contribution in [-0.4, -0.2) is 46.6 Å². The average Bonchev–Trinajstić information content (AvgIpc) is 3.17. The van der Waals surface area contributed by atoms with Gasteiger partial charge in [-0.2, -0.15) is 0 Å². The van der Waals surface area contributed by atoms with Crippen LogP contribution < -0.4 is 20.9 Å². The van der Waals surface area contributed by atoms with Crippen molar-refractivity contribution < 1.29 is 13.9 Å². The number of methoxy groups -OCH3 is 1. The Balaban J connectivity index is 1.29. The van der Waals surface area contributed by atoms with E-state index in [4.69, 9.17) is 4.74 Å². The molecule has 3 aliphatic rings. The second kappa shape index (κ2) is 7.81. The van der Waals surface area contributed by atoms with Crippen molar-refractivity contribution in [2.45, 2.75) is 37.5 Å². The summed E-state index contributed by atoms with van der Waals surface area (Å²) in [6, 6.07) is 7.19. The fourth-order valence-corrected chi connectivity index (χ4v) is 5.02. The van der Waals surface area contributed by atoms with Gasteiger partial charge in [0.1, 0.15) is 5.82 Å². The number of carbonyl (C=O) groups excluding carboxylic acids is 1. The van der Waals surface area contributed by atoms with Crippen molar-refractivity contribution in [1.82, 2.24) is 31.0 Å². The van der Waals surface area contributed by atoms with Crippen molar-refractivity contribution in [2.24, 2.45) is 11.8 Å². The third-order valence-corrected chi connectivity index (χ3v) is 6.55. The molecule has 1 aromatic heterocycles. The zero-order valence-electron chi connectivity index (χ0n) is 16.7. The molecular weight excluding hydrogens is 387 g/mol. The van der Waals surface area contributed by atoms with E-state index in [1.54, 1.807) is 19.2 Å². The Hall–Kier alpha value is -2.78. The maximum Gasteiger partial charge on any atom is 0.317 e. The monoisotopic (exact) mass is 412 g/mol. The normalized spacial score (nSPS) is 30.4. The van der Waals surface area contributed by atoms with Crippen molar-refractivity contribution in [1.29, 1.82) is 0 Å². The molecule has 3 heterocycles. The van der Waals surface area contributed by atoms with Crippen LogP contribution in [0.5, 0.6) is 6.01 Å². The van der Waals surface area contributed by atoms with E-state index < -0.39 is 0 Å². The maximum absolute atomic E-state index is 13.2. The van der Waals surface area contributed by atoms with E-state index in [2.05, 4.69) is 26.1 Å². The predicted octanol–water partition coefficient (Wildman–Crippen LogP) is 1.76. The second-order valence-corrected chi connectivity index (χ2v) is 8.33. The van der Waals surface area contributed by atoms with E-state index in [1.165, 1.54) is 12.1 Å². The number of carbonyl (C=O) groups is 1. The highest BCUT2D eigenvalue weighted by molar-refractivity contribution is 5.75. The van der Waals surface area contributed by atoms with Crippen molar-refractivity contribution in [3.05, 3.63) is 53.6 Å². The van der Waals surface area contributed by atoms with Gasteiger partial charge in [0, 0.05) is 43.1 Å². The molecule has 2 saturated heterocycles. The average molecular weight is 412 g/mol. The largest absolute Gasteiger partial charge is 0.467 e. The van der Waals surface area contributed by atoms with E-state index in [1.807, 2.05) is 17.3 Å². The Kier molecular flexibility index (Phi) is 5.00. The standard InChI is InChI=1S/C21H25FN6O2/c1-30-20-23-8-14(9-24-20)19-16-6-13-11-28(10-12-2-4-15(22)5-3-12)21(29)25-17(13)7-18(16)26-27-19/h2-5,8-9,13,16-19,26-27H,6-7,10-11H2,1H3,(H,25,29). The highest BCUT2D eigenvalue weighted by atomic mass is 19.1. The molecule has 30 heavy (non-hydrogen) atoms. The molecule has 9 heteroatoms. The third kappa shape index (κ3) is 3.59. The van der Waals surface area contributed by atoms with Crippen LogP contribution in [-0.2, 0) is 6.54 Å². The lowest BCUT2D eigenvalue weighted by molar-refractivity contribution is 0.0961. The summed E-state index contributed by atoms with van der Waals surface area (Å²) in [6.45, 7) is 1.18. The number of nitrogens with zero attached hydrogens (tertiary/aromatic N) is 3. The first-order valence-electron chi connectivity index (χ1n) is 10.3. The lowest BCUT2D eigenvalue weighted by Gasteiger charge is -2.45. The van der Waals surface area contributed by atoms with Gasteiger partial charge in [-0.05, 0) is 42.4 Å². The van der Waals surface area contributed by atoms with Crippen LogP contribution in [0.4, 0.5) is 9.18 Å². The fourth-order valence-electron chi connectivity index (χ4n) is 5.02. The molecule has 5 unspecified atom stereocenters. The predicted molar refractivity (Wildman–Crippen MR) is 107 cm³/mol. The van der Waals surface area contributed by atoms with E-state index in [0.29, 0.717) is 30.9 Å². The number of hydrogen-bond donors (Lipinski definition) is 3. The number of fused-ring (bicyclic) bond motifs is 2. The molecule has 0 bridgehead atoms. The minimum atomic E-state index is -0.269. The second-order valence-electron chi connectivity index (χ2n) is 8.33. The Bertz CT molecular complexity index is 909. The number of urea groups is 1. The van der Waals surface area contributed by atoms with Crippen LogP contribution in [0.3, 0.4) is 0 Å². The summed E-state index contributed by atoms with van der Waals surface area (Å²) in [7, 11) is 1.55. The van der Waals surface area contributed by atoms with Gasteiger partial charge in [-0.25, -0.2) is 24.6 Å². The summed E-state index contributed by atoms with van der Waals surface area (Å²) < 4.78 is 18.2. The molecule has 2 aromatic rings. The van der Waals surface area contributed by atoms with Crippen LogP contribution >= 0.6 is 0 Å². The van der Waals surface area contributed by atoms with Gasteiger partial charge in [0.05, 0.1) is 13.2 Å². The molecular formula is C21H25FN6O2. The number of ether oxygens (including phenoxy) is 1. The lowest BCUT2D eigenvalue weighted by atomic mass is 9.71. The zero-order valence-corrected chi connectivity index (χ0v) is 16.7. The third-order valence-electron chi connectivity index (χ3n) is 6.55. The van der Waals surface area contributed by atoms with Gasteiger partial charge in [-0.15, -0.1) is 0 Å². The topological polar surface area (TPSA) is 91.4 Å². The fraction of sp³-hybridized carbons (Fsp3) is 0.476. The molecule has 0 radical (unpaired) electrons. The first-order valence-corrected chi connectivity index (χ1v) is 10.3. The molecule has 8 nitrogen and oxygen atoms in total. The van der Waals surface area contributed by atoms with Gasteiger partial charge in [0.25, 0.3) is 0 Å². The van der Waals surface area contributed by atoms with E-state index in [-0.39, 0.29) is 30.0 Å². The van der Waals surface area contributed by atoms with Crippen molar-refractivity contribution in [3.8, 4) is 6.01 Å². The van der Waals surface area contributed by atoms with Gasteiger partial charge in [-0.3, -0.25) is 5.43 Å². The number of hydrogen-bond acceptors (Lipinski definition) is 6. The van der Waals surface area contributed by atoms with Crippen LogP contribution in [0.2, 0.25) is 0 Å². The lowest BCUT2D eigenvalue weighted by Crippen LogP contribution is -2.60. The number of halogens is 1. The molecule has 3 N–H and O–H groups in total. The molecule has 5 atom stereocenters. The number of benzene rings is 1. The Morgan fingerprint density at radius 1 is 1.13 bits per heavy atom. The van der Waals surface area contributed by atoms with Gasteiger partial charge in [0.2, 0.25) is 0 Å². The number of aromatic nitrogens is 2. The van der Waals surface area contributed by atoms with Gasteiger partial charge in [-0.1, -0.05) is 12.1 Å². The summed E-state index contributed by atoms with van der Waals surface area (Å²) in [6.07, 6.45) is 5.48. The first kappa shape index (κ1) is 19.2. The summed E-state index contributed by atoms with van der Waals surface area (Å²) in [5.41, 5.74) is 8.75. The minimum absolute atomic E-state index is 0.0508. The van der Waals surface area contributed by atoms with E-state index in [0.717, 1.165) is 24.0 Å².